The molecule has 1 N–H and O–H groups in total. The molecule has 0 aliphatic carbocycles. The molecule has 1 aliphatic heterocycles. The fourth-order valence-electron chi connectivity index (χ4n) is 3.12. The molecule has 3 aromatic rings. The molecule has 2 heterocycles. The average Bonchev–Trinajstić information content (AvgIpc) is 3.19. The molecular formula is C21H18BrClN2O3. The number of benzene rings is 2. The number of rotatable bonds is 4. The van der Waals surface area contributed by atoms with Crippen LogP contribution in [-0.4, -0.2) is 25.2 Å². The van der Waals surface area contributed by atoms with Crippen molar-refractivity contribution in [1.29, 1.82) is 0 Å². The molecule has 1 fully saturated rings. The lowest BCUT2D eigenvalue weighted by Gasteiger charge is -2.11. The van der Waals surface area contributed by atoms with Gasteiger partial charge in [-0.2, -0.15) is 0 Å². The second kappa shape index (κ2) is 8.47. The third-order valence-corrected chi connectivity index (χ3v) is 5.23. The van der Waals surface area contributed by atoms with Gasteiger partial charge in [-0.05, 0) is 55.3 Å². The number of amides is 1. The molecule has 2 aromatic carbocycles. The smallest absolute Gasteiger partial charge is 0.256 e. The van der Waals surface area contributed by atoms with Crippen LogP contribution >= 0.6 is 27.5 Å². The third-order valence-electron chi connectivity index (χ3n) is 4.51. The van der Waals surface area contributed by atoms with Crippen LogP contribution in [0.15, 0.2) is 62.4 Å². The molecule has 0 bridgehead atoms. The zero-order valence-corrected chi connectivity index (χ0v) is 17.3. The van der Waals surface area contributed by atoms with Crippen molar-refractivity contribution in [2.75, 3.05) is 13.2 Å². The van der Waals surface area contributed by atoms with E-state index in [1.54, 1.807) is 30.3 Å². The summed E-state index contributed by atoms with van der Waals surface area (Å²) in [5.41, 5.74) is 1.85. The van der Waals surface area contributed by atoms with Gasteiger partial charge in [0.1, 0.15) is 11.1 Å². The first-order valence-electron chi connectivity index (χ1n) is 9.02. The molecular weight excluding hydrogens is 444 g/mol. The maximum absolute atomic E-state index is 12.9. The first kappa shape index (κ1) is 19.2. The minimum atomic E-state index is -0.248. The van der Waals surface area contributed by atoms with Gasteiger partial charge in [0, 0.05) is 28.0 Å². The lowest BCUT2D eigenvalue weighted by molar-refractivity contribution is 0.0854. The molecule has 0 saturated carbocycles. The van der Waals surface area contributed by atoms with Gasteiger partial charge in [-0.25, -0.2) is 4.99 Å². The Hall–Kier alpha value is -2.15. The van der Waals surface area contributed by atoms with Crippen LogP contribution in [0.1, 0.15) is 23.2 Å². The van der Waals surface area contributed by atoms with E-state index >= 15 is 0 Å². The first-order valence-corrected chi connectivity index (χ1v) is 10.2. The predicted molar refractivity (Wildman–Crippen MR) is 112 cm³/mol. The van der Waals surface area contributed by atoms with Gasteiger partial charge in [0.05, 0.1) is 11.8 Å². The van der Waals surface area contributed by atoms with Crippen LogP contribution in [0.25, 0.3) is 11.0 Å². The number of nitrogens with one attached hydrogen (secondary N) is 1. The summed E-state index contributed by atoms with van der Waals surface area (Å²) in [6.07, 6.45) is 2.04. The van der Waals surface area contributed by atoms with E-state index in [1.807, 2.05) is 18.2 Å². The van der Waals surface area contributed by atoms with Gasteiger partial charge in [-0.15, -0.1) is 0 Å². The van der Waals surface area contributed by atoms with E-state index in [1.165, 1.54) is 0 Å². The Labute approximate surface area is 175 Å². The lowest BCUT2D eigenvalue weighted by Crippen LogP contribution is -2.34. The number of ether oxygens (including phenoxy) is 1. The Bertz CT molecular complexity index is 1090. The molecule has 5 nitrogen and oxygen atoms in total. The Morgan fingerprint density at radius 3 is 2.93 bits per heavy atom. The van der Waals surface area contributed by atoms with Gasteiger partial charge in [0.2, 0.25) is 5.55 Å². The number of hydrogen-bond acceptors (Lipinski definition) is 4. The summed E-state index contributed by atoms with van der Waals surface area (Å²) in [4.78, 5) is 17.4. The summed E-state index contributed by atoms with van der Waals surface area (Å²) in [7, 11) is 0. The van der Waals surface area contributed by atoms with Crippen molar-refractivity contribution in [3.05, 3.63) is 69.1 Å². The fourth-order valence-corrected chi connectivity index (χ4v) is 3.68. The summed E-state index contributed by atoms with van der Waals surface area (Å²) in [5.74, 6) is -0.248. The van der Waals surface area contributed by atoms with E-state index in [2.05, 4.69) is 26.2 Å². The van der Waals surface area contributed by atoms with E-state index in [-0.39, 0.29) is 17.6 Å². The number of fused-ring (bicyclic) bond motifs is 1. The summed E-state index contributed by atoms with van der Waals surface area (Å²) in [6, 6.07) is 14.5. The Balaban J connectivity index is 1.76. The van der Waals surface area contributed by atoms with Crippen molar-refractivity contribution in [2.45, 2.75) is 18.9 Å². The Kier molecular flexibility index (Phi) is 5.80. The number of nitrogens with zero attached hydrogens (tertiary/aromatic N) is 1. The van der Waals surface area contributed by atoms with E-state index in [0.717, 1.165) is 29.3 Å². The number of halogens is 2. The van der Waals surface area contributed by atoms with Crippen molar-refractivity contribution in [2.24, 2.45) is 4.99 Å². The van der Waals surface area contributed by atoms with E-state index in [9.17, 15) is 4.79 Å². The molecule has 0 unspecified atom stereocenters. The van der Waals surface area contributed by atoms with E-state index < -0.39 is 0 Å². The van der Waals surface area contributed by atoms with Gasteiger partial charge < -0.3 is 14.5 Å². The van der Waals surface area contributed by atoms with Crippen molar-refractivity contribution in [1.82, 2.24) is 5.32 Å². The molecule has 1 aromatic heterocycles. The van der Waals surface area contributed by atoms with Crippen LogP contribution in [0.3, 0.4) is 0 Å². The van der Waals surface area contributed by atoms with Crippen LogP contribution in [0.5, 0.6) is 0 Å². The molecule has 4 rings (SSSR count). The predicted octanol–water partition coefficient (Wildman–Crippen LogP) is 4.99. The summed E-state index contributed by atoms with van der Waals surface area (Å²) in [6.45, 7) is 1.21. The molecule has 7 heteroatoms. The highest BCUT2D eigenvalue weighted by Crippen LogP contribution is 2.21. The largest absolute Gasteiger partial charge is 0.438 e. The van der Waals surface area contributed by atoms with Gasteiger partial charge in [0.15, 0.2) is 0 Å². The van der Waals surface area contributed by atoms with Crippen molar-refractivity contribution in [3.8, 4) is 0 Å². The average molecular weight is 462 g/mol. The molecule has 1 aliphatic rings. The Morgan fingerprint density at radius 2 is 2.14 bits per heavy atom. The minimum Gasteiger partial charge on any atom is -0.438 e. The maximum Gasteiger partial charge on any atom is 0.256 e. The van der Waals surface area contributed by atoms with Crippen molar-refractivity contribution in [3.63, 3.8) is 0 Å². The minimum absolute atomic E-state index is 0.0591. The van der Waals surface area contributed by atoms with Crippen molar-refractivity contribution < 1.29 is 13.9 Å². The molecule has 1 atom stereocenters. The van der Waals surface area contributed by atoms with Gasteiger partial charge in [-0.3, -0.25) is 4.79 Å². The number of hydrogen-bond donors (Lipinski definition) is 1. The lowest BCUT2D eigenvalue weighted by atomic mass is 10.1. The normalized spacial score (nSPS) is 17.2. The summed E-state index contributed by atoms with van der Waals surface area (Å²) >= 11 is 9.51. The Morgan fingerprint density at radius 1 is 1.25 bits per heavy atom. The highest BCUT2D eigenvalue weighted by atomic mass is 79.9. The van der Waals surface area contributed by atoms with Crippen LogP contribution in [0.2, 0.25) is 5.02 Å². The molecule has 28 heavy (non-hydrogen) atoms. The van der Waals surface area contributed by atoms with Crippen LogP contribution in [0.4, 0.5) is 5.69 Å². The summed E-state index contributed by atoms with van der Waals surface area (Å²) < 4.78 is 12.4. The molecule has 0 radical (unpaired) electrons. The van der Waals surface area contributed by atoms with Gasteiger partial charge >= 0.3 is 0 Å². The third kappa shape index (κ3) is 4.46. The van der Waals surface area contributed by atoms with Crippen LogP contribution in [0, 0.1) is 0 Å². The first-order chi connectivity index (χ1) is 13.6. The monoisotopic (exact) mass is 460 g/mol. The van der Waals surface area contributed by atoms with E-state index in [0.29, 0.717) is 28.4 Å². The van der Waals surface area contributed by atoms with Crippen LogP contribution in [-0.2, 0) is 4.74 Å². The van der Waals surface area contributed by atoms with Crippen molar-refractivity contribution >= 4 is 50.1 Å². The molecule has 144 valence electrons. The highest BCUT2D eigenvalue weighted by Gasteiger charge is 2.18. The molecule has 1 amide bonds. The topological polar surface area (TPSA) is 63.8 Å². The maximum atomic E-state index is 12.9. The molecule has 1 saturated heterocycles. The SMILES string of the molecule is O=C(NC[C@@H]1CCCO1)c1cc2cc(Br)ccc2oc1=Nc1cccc(Cl)c1. The van der Waals surface area contributed by atoms with E-state index in [4.69, 9.17) is 20.8 Å². The number of carbonyl (C=O) groups is 1. The molecule has 0 spiro atoms. The standard InChI is InChI=1S/C21H18BrClN2O3/c22-14-6-7-19-13(9-14)10-18(20(26)24-12-17-5-2-8-27-17)21(28-19)25-16-4-1-3-15(23)11-16/h1,3-4,6-7,9-11,17H,2,5,8,12H2,(H,24,26)/t17-/m0/s1. The summed E-state index contributed by atoms with van der Waals surface area (Å²) in [5, 5.41) is 4.31. The van der Waals surface area contributed by atoms with Gasteiger partial charge in [0.25, 0.3) is 5.91 Å². The fraction of sp³-hybridized carbons (Fsp3) is 0.238. The highest BCUT2D eigenvalue weighted by molar-refractivity contribution is 9.10. The number of carbonyl (C=O) groups excluding carboxylic acids is 1. The second-order valence-corrected chi connectivity index (χ2v) is 7.94. The zero-order valence-electron chi connectivity index (χ0n) is 15.0. The van der Waals surface area contributed by atoms with Crippen LogP contribution < -0.4 is 10.9 Å². The van der Waals surface area contributed by atoms with Gasteiger partial charge in [-0.1, -0.05) is 33.6 Å². The second-order valence-electron chi connectivity index (χ2n) is 6.58. The quantitative estimate of drug-likeness (QED) is 0.595. The zero-order chi connectivity index (χ0) is 19.5.